The van der Waals surface area contributed by atoms with Crippen LogP contribution in [0.3, 0.4) is 0 Å². The van der Waals surface area contributed by atoms with Crippen LogP contribution in [0.4, 0.5) is 0 Å². The quantitative estimate of drug-likeness (QED) is 0.783. The first-order valence-electron chi connectivity index (χ1n) is 7.22. The molecule has 5 heteroatoms. The highest BCUT2D eigenvalue weighted by atomic mass is 35.5. The van der Waals surface area contributed by atoms with Gasteiger partial charge in [-0.2, -0.15) is 0 Å². The summed E-state index contributed by atoms with van der Waals surface area (Å²) in [7, 11) is -3.30. The third-order valence-electron chi connectivity index (χ3n) is 3.32. The molecule has 0 bridgehead atoms. The molecule has 22 heavy (non-hydrogen) atoms. The Hall–Kier alpha value is -1.36. The minimum atomic E-state index is -3.30. The topological polar surface area (TPSA) is 46.2 Å². The van der Waals surface area contributed by atoms with Gasteiger partial charge in [-0.3, -0.25) is 0 Å². The number of hydrogen-bond acceptors (Lipinski definition) is 2. The Morgan fingerprint density at radius 2 is 1.77 bits per heavy atom. The van der Waals surface area contributed by atoms with Gasteiger partial charge in [-0.05, 0) is 43.0 Å². The smallest absolute Gasteiger partial charge is 0.215 e. The highest BCUT2D eigenvalue weighted by Crippen LogP contribution is 2.12. The Balaban J connectivity index is 1.79. The molecule has 3 nitrogen and oxygen atoms in total. The van der Waals surface area contributed by atoms with Gasteiger partial charge >= 0.3 is 0 Å². The molecule has 0 atom stereocenters. The van der Waals surface area contributed by atoms with Crippen molar-refractivity contribution < 1.29 is 8.42 Å². The molecule has 0 heterocycles. The molecule has 0 amide bonds. The molecule has 2 aromatic rings. The molecule has 1 N–H and O–H groups in total. The summed E-state index contributed by atoms with van der Waals surface area (Å²) in [6.45, 7) is 2.50. The fourth-order valence-corrected chi connectivity index (χ4v) is 3.55. The van der Waals surface area contributed by atoms with Gasteiger partial charge in [0.15, 0.2) is 0 Å². The fourth-order valence-electron chi connectivity index (χ4n) is 2.24. The SMILES string of the molecule is Cc1cccc(CCCNS(=O)(=O)Cc2ccc(Cl)cc2)c1. The Bertz CT molecular complexity index is 712. The molecule has 118 valence electrons. The second kappa shape index (κ2) is 7.77. The van der Waals surface area contributed by atoms with Crippen molar-refractivity contribution >= 4 is 21.6 Å². The molecule has 0 saturated heterocycles. The lowest BCUT2D eigenvalue weighted by Crippen LogP contribution is -2.26. The molecule has 2 aromatic carbocycles. The zero-order chi connectivity index (χ0) is 16.0. The van der Waals surface area contributed by atoms with E-state index in [1.54, 1.807) is 24.3 Å². The van der Waals surface area contributed by atoms with Crippen LogP contribution in [0.15, 0.2) is 48.5 Å². The Morgan fingerprint density at radius 3 is 2.45 bits per heavy atom. The van der Waals surface area contributed by atoms with Gasteiger partial charge in [0, 0.05) is 11.6 Å². The maximum absolute atomic E-state index is 12.0. The van der Waals surface area contributed by atoms with Crippen molar-refractivity contribution in [2.45, 2.75) is 25.5 Å². The maximum Gasteiger partial charge on any atom is 0.215 e. The molecule has 0 unspecified atom stereocenters. The van der Waals surface area contributed by atoms with Crippen LogP contribution in [0.25, 0.3) is 0 Å². The number of benzene rings is 2. The van der Waals surface area contributed by atoms with E-state index in [4.69, 9.17) is 11.6 Å². The predicted octanol–water partition coefficient (Wildman–Crippen LogP) is 3.70. The highest BCUT2D eigenvalue weighted by molar-refractivity contribution is 7.88. The minimum Gasteiger partial charge on any atom is -0.215 e. The molecule has 0 aliphatic rings. The van der Waals surface area contributed by atoms with Crippen molar-refractivity contribution in [2.24, 2.45) is 0 Å². The number of rotatable bonds is 7. The van der Waals surface area contributed by atoms with E-state index in [1.807, 2.05) is 6.07 Å². The zero-order valence-corrected chi connectivity index (χ0v) is 14.1. The number of nitrogens with one attached hydrogen (secondary N) is 1. The first-order valence-corrected chi connectivity index (χ1v) is 9.25. The van der Waals surface area contributed by atoms with Crippen LogP contribution < -0.4 is 4.72 Å². The molecule has 0 aliphatic heterocycles. The summed E-state index contributed by atoms with van der Waals surface area (Å²) >= 11 is 5.79. The molecule has 0 fully saturated rings. The highest BCUT2D eigenvalue weighted by Gasteiger charge is 2.10. The van der Waals surface area contributed by atoms with Crippen LogP contribution in [-0.4, -0.2) is 15.0 Å². The number of sulfonamides is 1. The summed E-state index contributed by atoms with van der Waals surface area (Å²) in [5.41, 5.74) is 3.19. The van der Waals surface area contributed by atoms with Crippen molar-refractivity contribution in [3.63, 3.8) is 0 Å². The standard InChI is InChI=1S/C17H20ClNO2S/c1-14-4-2-5-15(12-14)6-3-11-19-22(20,21)13-16-7-9-17(18)10-8-16/h2,4-5,7-10,12,19H,3,6,11,13H2,1H3. The first kappa shape index (κ1) is 17.0. The average molecular weight is 338 g/mol. The third kappa shape index (κ3) is 5.79. The molecule has 0 aromatic heterocycles. The molecule has 0 saturated carbocycles. The lowest BCUT2D eigenvalue weighted by molar-refractivity contribution is 0.578. The summed E-state index contributed by atoms with van der Waals surface area (Å²) in [6, 6.07) is 15.1. The Kier molecular flexibility index (Phi) is 6.00. The van der Waals surface area contributed by atoms with Crippen LogP contribution in [0.5, 0.6) is 0 Å². The van der Waals surface area contributed by atoms with Gasteiger partial charge in [-0.1, -0.05) is 53.6 Å². The van der Waals surface area contributed by atoms with E-state index in [2.05, 4.69) is 29.8 Å². The molecule has 0 spiro atoms. The number of hydrogen-bond donors (Lipinski definition) is 1. The second-order valence-electron chi connectivity index (χ2n) is 5.37. The molecule has 2 rings (SSSR count). The van der Waals surface area contributed by atoms with Crippen molar-refractivity contribution in [1.82, 2.24) is 4.72 Å². The zero-order valence-electron chi connectivity index (χ0n) is 12.5. The summed E-state index contributed by atoms with van der Waals surface area (Å²) in [5.74, 6) is -0.0192. The van der Waals surface area contributed by atoms with Crippen molar-refractivity contribution in [1.29, 1.82) is 0 Å². The first-order chi connectivity index (χ1) is 10.4. The van der Waals surface area contributed by atoms with Crippen molar-refractivity contribution in [2.75, 3.05) is 6.54 Å². The van der Waals surface area contributed by atoms with Crippen molar-refractivity contribution in [3.05, 3.63) is 70.2 Å². The number of halogens is 1. The monoisotopic (exact) mass is 337 g/mol. The third-order valence-corrected chi connectivity index (χ3v) is 4.93. The second-order valence-corrected chi connectivity index (χ2v) is 7.62. The van der Waals surface area contributed by atoms with Gasteiger partial charge < -0.3 is 0 Å². The van der Waals surface area contributed by atoms with Gasteiger partial charge in [0.25, 0.3) is 0 Å². The van der Waals surface area contributed by atoms with Crippen LogP contribution in [0, 0.1) is 6.92 Å². The molecular formula is C17H20ClNO2S. The Morgan fingerprint density at radius 1 is 1.05 bits per heavy atom. The normalized spacial score (nSPS) is 11.5. The van der Waals surface area contributed by atoms with E-state index in [1.165, 1.54) is 11.1 Å². The largest absolute Gasteiger partial charge is 0.215 e. The van der Waals surface area contributed by atoms with Crippen LogP contribution >= 0.6 is 11.6 Å². The fraction of sp³-hybridized carbons (Fsp3) is 0.294. The van der Waals surface area contributed by atoms with E-state index >= 15 is 0 Å². The summed E-state index contributed by atoms with van der Waals surface area (Å²) in [4.78, 5) is 0. The molecule has 0 aliphatic carbocycles. The van der Waals surface area contributed by atoms with Gasteiger partial charge in [0.05, 0.1) is 5.75 Å². The van der Waals surface area contributed by atoms with Crippen molar-refractivity contribution in [3.8, 4) is 0 Å². The summed E-state index contributed by atoms with van der Waals surface area (Å²) < 4.78 is 26.7. The van der Waals surface area contributed by atoms with Crippen LogP contribution in [0.2, 0.25) is 5.02 Å². The lowest BCUT2D eigenvalue weighted by atomic mass is 10.1. The summed E-state index contributed by atoms with van der Waals surface area (Å²) in [5, 5.41) is 0.604. The van der Waals surface area contributed by atoms with Crippen LogP contribution in [0.1, 0.15) is 23.1 Å². The van der Waals surface area contributed by atoms with Gasteiger partial charge in [0.2, 0.25) is 10.0 Å². The maximum atomic E-state index is 12.0. The van der Waals surface area contributed by atoms with E-state index in [0.717, 1.165) is 18.4 Å². The van der Waals surface area contributed by atoms with Gasteiger partial charge in [0.1, 0.15) is 0 Å². The molecular weight excluding hydrogens is 318 g/mol. The van der Waals surface area contributed by atoms with Crippen LogP contribution in [-0.2, 0) is 22.2 Å². The van der Waals surface area contributed by atoms with E-state index in [-0.39, 0.29) is 5.75 Å². The summed E-state index contributed by atoms with van der Waals surface area (Å²) in [6.07, 6.45) is 1.65. The average Bonchev–Trinajstić information content (AvgIpc) is 2.46. The Labute approximate surface area is 137 Å². The molecule has 0 radical (unpaired) electrons. The minimum absolute atomic E-state index is 0.0192. The lowest BCUT2D eigenvalue weighted by Gasteiger charge is -2.07. The van der Waals surface area contributed by atoms with Gasteiger partial charge in [-0.15, -0.1) is 0 Å². The van der Waals surface area contributed by atoms with E-state index < -0.39 is 10.0 Å². The van der Waals surface area contributed by atoms with Gasteiger partial charge in [-0.25, -0.2) is 13.1 Å². The predicted molar refractivity (Wildman–Crippen MR) is 91.6 cm³/mol. The number of aryl methyl sites for hydroxylation is 2. The van der Waals surface area contributed by atoms with E-state index in [9.17, 15) is 8.42 Å². The van der Waals surface area contributed by atoms with E-state index in [0.29, 0.717) is 11.6 Å².